The lowest BCUT2D eigenvalue weighted by Gasteiger charge is -2.14. The number of aromatic nitrogens is 2. The second kappa shape index (κ2) is 6.72. The van der Waals surface area contributed by atoms with E-state index in [0.717, 1.165) is 12.8 Å². The highest BCUT2D eigenvalue weighted by Gasteiger charge is 2.24. The van der Waals surface area contributed by atoms with Crippen molar-refractivity contribution in [3.05, 3.63) is 11.4 Å². The highest BCUT2D eigenvalue weighted by atomic mass is 35.5. The average molecular weight is 308 g/mol. The molecule has 0 fully saturated rings. The third-order valence-corrected chi connectivity index (χ3v) is 5.26. The first-order chi connectivity index (χ1) is 8.83. The van der Waals surface area contributed by atoms with E-state index in [2.05, 4.69) is 9.82 Å². The summed E-state index contributed by atoms with van der Waals surface area (Å²) in [6, 6.07) is 0. The standard InChI is InChI=1S/C12H22ClN3O2S/c1-5-11(6-7-13)8-14-19(17,18)12-9(2)15-16(4)10(12)3/h11,14H,5-8H2,1-4H3. The third-order valence-electron chi connectivity index (χ3n) is 3.37. The minimum atomic E-state index is -3.50. The Morgan fingerprint density at radius 3 is 2.47 bits per heavy atom. The molecule has 1 rings (SSSR count). The predicted molar refractivity (Wildman–Crippen MR) is 77.0 cm³/mol. The van der Waals surface area contributed by atoms with Crippen LogP contribution in [-0.4, -0.2) is 30.6 Å². The quantitative estimate of drug-likeness (QED) is 0.783. The van der Waals surface area contributed by atoms with Crippen LogP contribution in [0.25, 0.3) is 0 Å². The van der Waals surface area contributed by atoms with Crippen LogP contribution >= 0.6 is 11.6 Å². The summed E-state index contributed by atoms with van der Waals surface area (Å²) in [7, 11) is -1.76. The Hall–Kier alpha value is -0.590. The third kappa shape index (κ3) is 3.94. The maximum absolute atomic E-state index is 12.3. The molecule has 0 bridgehead atoms. The second-order valence-electron chi connectivity index (χ2n) is 4.73. The average Bonchev–Trinajstić information content (AvgIpc) is 2.59. The summed E-state index contributed by atoms with van der Waals surface area (Å²) < 4.78 is 28.9. The largest absolute Gasteiger partial charge is 0.271 e. The van der Waals surface area contributed by atoms with Gasteiger partial charge in [0.15, 0.2) is 0 Å². The van der Waals surface area contributed by atoms with Crippen molar-refractivity contribution in [3.8, 4) is 0 Å². The van der Waals surface area contributed by atoms with E-state index in [-0.39, 0.29) is 10.8 Å². The van der Waals surface area contributed by atoms with Gasteiger partial charge in [-0.25, -0.2) is 13.1 Å². The molecule has 110 valence electrons. The normalized spacial score (nSPS) is 13.7. The zero-order valence-corrected chi connectivity index (χ0v) is 13.5. The zero-order chi connectivity index (χ0) is 14.6. The number of halogens is 1. The first-order valence-electron chi connectivity index (χ1n) is 6.39. The fraction of sp³-hybridized carbons (Fsp3) is 0.750. The van der Waals surface area contributed by atoms with E-state index in [1.807, 2.05) is 6.92 Å². The van der Waals surface area contributed by atoms with Crippen LogP contribution in [0.3, 0.4) is 0 Å². The molecule has 0 spiro atoms. The maximum atomic E-state index is 12.3. The molecule has 0 saturated heterocycles. The van der Waals surface area contributed by atoms with Gasteiger partial charge in [-0.3, -0.25) is 4.68 Å². The smallest absolute Gasteiger partial charge is 0.244 e. The number of aryl methyl sites for hydroxylation is 2. The Morgan fingerprint density at radius 1 is 1.42 bits per heavy atom. The molecule has 7 heteroatoms. The van der Waals surface area contributed by atoms with Crippen molar-refractivity contribution < 1.29 is 8.42 Å². The zero-order valence-electron chi connectivity index (χ0n) is 11.9. The van der Waals surface area contributed by atoms with Gasteiger partial charge in [-0.15, -0.1) is 11.6 Å². The summed E-state index contributed by atoms with van der Waals surface area (Å²) in [5, 5.41) is 4.14. The molecule has 1 unspecified atom stereocenters. The first-order valence-corrected chi connectivity index (χ1v) is 8.41. The van der Waals surface area contributed by atoms with Crippen LogP contribution < -0.4 is 4.72 Å². The highest BCUT2D eigenvalue weighted by Crippen LogP contribution is 2.19. The van der Waals surface area contributed by atoms with E-state index in [1.165, 1.54) is 0 Å². The maximum Gasteiger partial charge on any atom is 0.244 e. The lowest BCUT2D eigenvalue weighted by molar-refractivity contribution is 0.480. The molecule has 1 aromatic heterocycles. The predicted octanol–water partition coefficient (Wildman–Crippen LogP) is 1.97. The summed E-state index contributed by atoms with van der Waals surface area (Å²) in [6.45, 7) is 5.91. The van der Waals surface area contributed by atoms with Gasteiger partial charge >= 0.3 is 0 Å². The van der Waals surface area contributed by atoms with Gasteiger partial charge in [0.25, 0.3) is 0 Å². The van der Waals surface area contributed by atoms with Crippen LogP contribution in [0.4, 0.5) is 0 Å². The fourth-order valence-corrected chi connectivity index (χ4v) is 3.91. The van der Waals surface area contributed by atoms with Crippen LogP contribution in [0.15, 0.2) is 4.90 Å². The Labute approximate surface area is 120 Å². The molecule has 0 aliphatic rings. The van der Waals surface area contributed by atoms with Crippen LogP contribution in [0, 0.1) is 19.8 Å². The fourth-order valence-electron chi connectivity index (χ4n) is 2.05. The van der Waals surface area contributed by atoms with Gasteiger partial charge in [0, 0.05) is 19.5 Å². The molecule has 0 saturated carbocycles. The number of hydrogen-bond acceptors (Lipinski definition) is 3. The van der Waals surface area contributed by atoms with E-state index in [1.54, 1.807) is 25.6 Å². The number of alkyl halides is 1. The van der Waals surface area contributed by atoms with Crippen molar-refractivity contribution in [1.29, 1.82) is 0 Å². The lowest BCUT2D eigenvalue weighted by atomic mass is 10.0. The Morgan fingerprint density at radius 2 is 2.05 bits per heavy atom. The number of nitrogens with one attached hydrogen (secondary N) is 1. The number of nitrogens with zero attached hydrogens (tertiary/aromatic N) is 2. The van der Waals surface area contributed by atoms with Gasteiger partial charge in [0.05, 0.1) is 11.4 Å². The van der Waals surface area contributed by atoms with Crippen molar-refractivity contribution in [1.82, 2.24) is 14.5 Å². The molecule has 1 N–H and O–H groups in total. The van der Waals surface area contributed by atoms with Crippen molar-refractivity contribution in [2.75, 3.05) is 12.4 Å². The van der Waals surface area contributed by atoms with Crippen LogP contribution in [0.1, 0.15) is 31.2 Å². The van der Waals surface area contributed by atoms with E-state index < -0.39 is 10.0 Å². The molecule has 1 atom stereocenters. The summed E-state index contributed by atoms with van der Waals surface area (Å²) >= 11 is 5.71. The SMILES string of the molecule is CCC(CCCl)CNS(=O)(=O)c1c(C)nn(C)c1C. The highest BCUT2D eigenvalue weighted by molar-refractivity contribution is 7.89. The molecule has 1 heterocycles. The Balaban J connectivity index is 2.87. The van der Waals surface area contributed by atoms with E-state index >= 15 is 0 Å². The molecule has 0 radical (unpaired) electrons. The molecule has 0 amide bonds. The summed E-state index contributed by atoms with van der Waals surface area (Å²) in [4.78, 5) is 0.288. The minimum Gasteiger partial charge on any atom is -0.271 e. The summed E-state index contributed by atoms with van der Waals surface area (Å²) in [5.74, 6) is 0.815. The van der Waals surface area contributed by atoms with Crippen molar-refractivity contribution in [2.24, 2.45) is 13.0 Å². The molecule has 0 aromatic carbocycles. The van der Waals surface area contributed by atoms with E-state index in [4.69, 9.17) is 11.6 Å². The van der Waals surface area contributed by atoms with Crippen LogP contribution in [0.5, 0.6) is 0 Å². The van der Waals surface area contributed by atoms with Crippen molar-refractivity contribution in [3.63, 3.8) is 0 Å². The van der Waals surface area contributed by atoms with Gasteiger partial charge in [0.1, 0.15) is 4.90 Å². The Kier molecular flexibility index (Phi) is 5.82. The molecular weight excluding hydrogens is 286 g/mol. The molecule has 0 aliphatic carbocycles. The number of rotatable bonds is 7. The van der Waals surface area contributed by atoms with Gasteiger partial charge in [-0.2, -0.15) is 5.10 Å². The number of sulfonamides is 1. The topological polar surface area (TPSA) is 64.0 Å². The molecule has 19 heavy (non-hydrogen) atoms. The summed E-state index contributed by atoms with van der Waals surface area (Å²) in [5.41, 5.74) is 1.17. The van der Waals surface area contributed by atoms with Crippen molar-refractivity contribution in [2.45, 2.75) is 38.5 Å². The monoisotopic (exact) mass is 307 g/mol. The molecular formula is C12H22ClN3O2S. The van der Waals surface area contributed by atoms with Gasteiger partial charge in [-0.05, 0) is 26.2 Å². The molecule has 1 aromatic rings. The Bertz CT molecular complexity index is 525. The van der Waals surface area contributed by atoms with E-state index in [9.17, 15) is 8.42 Å². The van der Waals surface area contributed by atoms with Crippen LogP contribution in [0.2, 0.25) is 0 Å². The van der Waals surface area contributed by atoms with Gasteiger partial charge in [-0.1, -0.05) is 13.3 Å². The molecule has 5 nitrogen and oxygen atoms in total. The molecule has 0 aliphatic heterocycles. The second-order valence-corrected chi connectivity index (χ2v) is 6.81. The van der Waals surface area contributed by atoms with E-state index in [0.29, 0.717) is 23.8 Å². The minimum absolute atomic E-state index is 0.268. The van der Waals surface area contributed by atoms with Crippen LogP contribution in [-0.2, 0) is 17.1 Å². The van der Waals surface area contributed by atoms with Gasteiger partial charge in [0.2, 0.25) is 10.0 Å². The first kappa shape index (κ1) is 16.5. The summed E-state index contributed by atoms with van der Waals surface area (Å²) in [6.07, 6.45) is 1.71. The lowest BCUT2D eigenvalue weighted by Crippen LogP contribution is -2.30. The number of hydrogen-bond donors (Lipinski definition) is 1. The van der Waals surface area contributed by atoms with Gasteiger partial charge < -0.3 is 0 Å². The van der Waals surface area contributed by atoms with Crippen molar-refractivity contribution >= 4 is 21.6 Å².